The lowest BCUT2D eigenvalue weighted by Crippen LogP contribution is -2.30. The third-order valence-electron chi connectivity index (χ3n) is 2.69. The fourth-order valence-electron chi connectivity index (χ4n) is 1.72. The number of hydrogen-bond acceptors (Lipinski definition) is 2. The van der Waals surface area contributed by atoms with Crippen LogP contribution < -0.4 is 5.32 Å². The summed E-state index contributed by atoms with van der Waals surface area (Å²) in [4.78, 5) is 12.8. The second kappa shape index (κ2) is 4.98. The maximum atomic E-state index is 11.2. The highest BCUT2D eigenvalue weighted by Gasteiger charge is 2.31. The highest BCUT2D eigenvalue weighted by atomic mass is 16.2. The van der Waals surface area contributed by atoms with E-state index in [4.69, 9.17) is 5.41 Å². The van der Waals surface area contributed by atoms with E-state index in [1.807, 2.05) is 0 Å². The Balaban J connectivity index is 2.29. The fourth-order valence-corrected chi connectivity index (χ4v) is 1.72. The van der Waals surface area contributed by atoms with E-state index >= 15 is 0 Å². The third-order valence-corrected chi connectivity index (χ3v) is 2.69. The first kappa shape index (κ1) is 11.0. The summed E-state index contributed by atoms with van der Waals surface area (Å²) in [6, 6.07) is -0.158. The Morgan fingerprint density at radius 3 is 2.64 bits per heavy atom. The van der Waals surface area contributed by atoms with Crippen molar-refractivity contribution in [1.82, 2.24) is 10.2 Å². The molecule has 2 N–H and O–H groups in total. The van der Waals surface area contributed by atoms with E-state index in [2.05, 4.69) is 12.2 Å². The number of likely N-dealkylation sites (N-methyl/N-ethyl adjacent to an activating group) is 1. The fraction of sp³-hybridized carbons (Fsp3) is 0.800. The molecule has 1 unspecified atom stereocenters. The summed E-state index contributed by atoms with van der Waals surface area (Å²) in [6.07, 6.45) is 5.66. The van der Waals surface area contributed by atoms with Crippen LogP contribution in [0.4, 0.5) is 4.79 Å². The minimum Gasteiger partial charge on any atom is -0.317 e. The van der Waals surface area contributed by atoms with Crippen LogP contribution in [-0.4, -0.2) is 29.9 Å². The first-order valence-corrected chi connectivity index (χ1v) is 5.29. The Morgan fingerprint density at radius 1 is 1.43 bits per heavy atom. The van der Waals surface area contributed by atoms with E-state index in [1.165, 1.54) is 19.3 Å². The Morgan fingerprint density at radius 2 is 2.14 bits per heavy atom. The SMILES string of the molecule is CCCCCCC1C(=N)NC(=O)N1C. The molecule has 0 radical (unpaired) electrons. The molecule has 4 heteroatoms. The van der Waals surface area contributed by atoms with Crippen LogP contribution in [0.25, 0.3) is 0 Å². The molecule has 0 aromatic rings. The highest BCUT2D eigenvalue weighted by molar-refractivity contribution is 6.05. The summed E-state index contributed by atoms with van der Waals surface area (Å²) in [5.41, 5.74) is 0. The van der Waals surface area contributed by atoms with Crippen molar-refractivity contribution in [3.05, 3.63) is 0 Å². The van der Waals surface area contributed by atoms with Crippen LogP contribution in [0.1, 0.15) is 39.0 Å². The molecule has 1 aliphatic rings. The Kier molecular flexibility index (Phi) is 3.92. The van der Waals surface area contributed by atoms with Gasteiger partial charge in [0, 0.05) is 7.05 Å². The van der Waals surface area contributed by atoms with Crippen molar-refractivity contribution in [3.63, 3.8) is 0 Å². The van der Waals surface area contributed by atoms with Crippen LogP contribution in [0.15, 0.2) is 0 Å². The second-order valence-electron chi connectivity index (χ2n) is 3.82. The number of urea groups is 1. The van der Waals surface area contributed by atoms with Crippen LogP contribution in [0.3, 0.4) is 0 Å². The van der Waals surface area contributed by atoms with Crippen molar-refractivity contribution >= 4 is 11.9 Å². The standard InChI is InChI=1S/C10H19N3O/c1-3-4-5-6-7-8-9(11)12-10(14)13(8)2/h8H,3-7H2,1-2H3,(H2,11,12,14). The maximum absolute atomic E-state index is 11.2. The van der Waals surface area contributed by atoms with Gasteiger partial charge in [0.05, 0.1) is 6.04 Å². The number of carbonyl (C=O) groups is 1. The number of amidine groups is 1. The van der Waals surface area contributed by atoms with Gasteiger partial charge in [-0.15, -0.1) is 0 Å². The largest absolute Gasteiger partial charge is 0.323 e. The number of hydrogen-bond donors (Lipinski definition) is 2. The number of unbranched alkanes of at least 4 members (excludes halogenated alkanes) is 3. The molecule has 1 atom stereocenters. The lowest BCUT2D eigenvalue weighted by Gasteiger charge is -2.16. The molecule has 0 bridgehead atoms. The molecule has 1 fully saturated rings. The number of nitrogens with zero attached hydrogens (tertiary/aromatic N) is 1. The van der Waals surface area contributed by atoms with Gasteiger partial charge in [-0.2, -0.15) is 0 Å². The van der Waals surface area contributed by atoms with Gasteiger partial charge in [0.25, 0.3) is 0 Å². The van der Waals surface area contributed by atoms with Crippen molar-refractivity contribution < 1.29 is 4.79 Å². The van der Waals surface area contributed by atoms with Crippen LogP contribution in [0.2, 0.25) is 0 Å². The highest BCUT2D eigenvalue weighted by Crippen LogP contribution is 2.14. The minimum absolute atomic E-state index is 0.0145. The molecule has 0 aromatic carbocycles. The smallest absolute Gasteiger partial charge is 0.317 e. The zero-order chi connectivity index (χ0) is 10.6. The van der Waals surface area contributed by atoms with Gasteiger partial charge < -0.3 is 4.90 Å². The van der Waals surface area contributed by atoms with Crippen molar-refractivity contribution in [3.8, 4) is 0 Å². The van der Waals surface area contributed by atoms with Crippen LogP contribution >= 0.6 is 0 Å². The van der Waals surface area contributed by atoms with E-state index in [0.717, 1.165) is 12.8 Å². The predicted molar refractivity (Wildman–Crippen MR) is 56.6 cm³/mol. The number of amides is 2. The van der Waals surface area contributed by atoms with Crippen LogP contribution in [0.5, 0.6) is 0 Å². The van der Waals surface area contributed by atoms with Crippen molar-refractivity contribution in [2.45, 2.75) is 45.1 Å². The molecule has 2 amide bonds. The van der Waals surface area contributed by atoms with Gasteiger partial charge in [0.15, 0.2) is 0 Å². The molecule has 4 nitrogen and oxygen atoms in total. The summed E-state index contributed by atoms with van der Waals surface area (Å²) >= 11 is 0. The molecule has 0 spiro atoms. The quantitative estimate of drug-likeness (QED) is 0.650. The molecule has 0 aliphatic carbocycles. The van der Waals surface area contributed by atoms with Gasteiger partial charge in [0.2, 0.25) is 0 Å². The number of carbonyl (C=O) groups excluding carboxylic acids is 1. The first-order valence-electron chi connectivity index (χ1n) is 5.29. The third kappa shape index (κ3) is 2.47. The van der Waals surface area contributed by atoms with E-state index in [-0.39, 0.29) is 12.1 Å². The van der Waals surface area contributed by atoms with E-state index < -0.39 is 0 Å². The number of rotatable bonds is 5. The average molecular weight is 197 g/mol. The van der Waals surface area contributed by atoms with Gasteiger partial charge in [0.1, 0.15) is 5.84 Å². The van der Waals surface area contributed by atoms with Crippen molar-refractivity contribution in [1.29, 1.82) is 5.41 Å². The van der Waals surface area contributed by atoms with Gasteiger partial charge in [-0.3, -0.25) is 10.7 Å². The maximum Gasteiger partial charge on any atom is 0.323 e. The minimum atomic E-state index is -0.143. The van der Waals surface area contributed by atoms with E-state index in [0.29, 0.717) is 5.84 Å². The van der Waals surface area contributed by atoms with Crippen molar-refractivity contribution in [2.24, 2.45) is 0 Å². The van der Waals surface area contributed by atoms with E-state index in [1.54, 1.807) is 11.9 Å². The Bertz CT molecular complexity index is 227. The zero-order valence-corrected chi connectivity index (χ0v) is 8.97. The topological polar surface area (TPSA) is 56.2 Å². The summed E-state index contributed by atoms with van der Waals surface area (Å²) in [6.45, 7) is 2.18. The average Bonchev–Trinajstić information content (AvgIpc) is 2.38. The van der Waals surface area contributed by atoms with Gasteiger partial charge in [-0.05, 0) is 6.42 Å². The molecular formula is C10H19N3O. The van der Waals surface area contributed by atoms with Crippen LogP contribution in [-0.2, 0) is 0 Å². The first-order chi connectivity index (χ1) is 6.66. The summed E-state index contributed by atoms with van der Waals surface area (Å²) in [5, 5.41) is 10.1. The summed E-state index contributed by atoms with van der Waals surface area (Å²) < 4.78 is 0. The Labute approximate surface area is 85.2 Å². The van der Waals surface area contributed by atoms with Gasteiger partial charge in [-0.25, -0.2) is 4.79 Å². The molecular weight excluding hydrogens is 178 g/mol. The monoisotopic (exact) mass is 197 g/mol. The van der Waals surface area contributed by atoms with Gasteiger partial charge in [-0.1, -0.05) is 32.6 Å². The lowest BCUT2D eigenvalue weighted by atomic mass is 10.1. The number of nitrogens with one attached hydrogen (secondary N) is 2. The lowest BCUT2D eigenvalue weighted by molar-refractivity contribution is 0.215. The van der Waals surface area contributed by atoms with Crippen LogP contribution in [0, 0.1) is 5.41 Å². The second-order valence-corrected chi connectivity index (χ2v) is 3.82. The van der Waals surface area contributed by atoms with Gasteiger partial charge >= 0.3 is 6.03 Å². The molecule has 0 saturated carbocycles. The molecule has 1 rings (SSSR count). The molecule has 14 heavy (non-hydrogen) atoms. The Hall–Kier alpha value is -1.06. The molecule has 1 heterocycles. The van der Waals surface area contributed by atoms with Crippen molar-refractivity contribution in [2.75, 3.05) is 7.05 Å². The molecule has 1 saturated heterocycles. The zero-order valence-electron chi connectivity index (χ0n) is 8.97. The molecule has 80 valence electrons. The normalized spacial score (nSPS) is 21.6. The summed E-state index contributed by atoms with van der Waals surface area (Å²) in [5.74, 6) is 0.356. The molecule has 0 aromatic heterocycles. The van der Waals surface area contributed by atoms with E-state index in [9.17, 15) is 4.79 Å². The summed E-state index contributed by atoms with van der Waals surface area (Å²) in [7, 11) is 1.75. The predicted octanol–water partition coefficient (Wildman–Crippen LogP) is 1.96. The molecule has 1 aliphatic heterocycles.